The summed E-state index contributed by atoms with van der Waals surface area (Å²) < 4.78 is 53.2. The lowest BCUT2D eigenvalue weighted by atomic mass is 9.93. The van der Waals surface area contributed by atoms with Gasteiger partial charge in [-0.05, 0) is 24.5 Å². The third-order valence-electron chi connectivity index (χ3n) is 3.79. The van der Waals surface area contributed by atoms with E-state index >= 15 is 0 Å². The van der Waals surface area contributed by atoms with Crippen LogP contribution in [0, 0.1) is 5.92 Å². The second kappa shape index (κ2) is 8.96. The molecule has 0 aromatic carbocycles. The Morgan fingerprint density at radius 1 is 1.44 bits per heavy atom. The Hall–Kier alpha value is -1.93. The van der Waals surface area contributed by atoms with Crippen molar-refractivity contribution >= 4 is 5.97 Å². The molecular formula is C17H20F3NO4. The average Bonchev–Trinajstić information content (AvgIpc) is 2.61. The Morgan fingerprint density at radius 2 is 2.24 bits per heavy atom. The highest BCUT2D eigenvalue weighted by atomic mass is 19.4. The van der Waals surface area contributed by atoms with E-state index in [-0.39, 0.29) is 24.9 Å². The number of pyridine rings is 1. The topological polar surface area (TPSA) is 57.7 Å². The number of rotatable bonds is 6. The van der Waals surface area contributed by atoms with Crippen LogP contribution in [0.25, 0.3) is 0 Å². The molecule has 0 radical (unpaired) electrons. The smallest absolute Gasteiger partial charge is 0.440 e. The van der Waals surface area contributed by atoms with E-state index in [9.17, 15) is 18.0 Å². The first-order valence-corrected chi connectivity index (χ1v) is 7.87. The van der Waals surface area contributed by atoms with Crippen LogP contribution in [-0.4, -0.2) is 37.1 Å². The molecule has 0 saturated carbocycles. The third kappa shape index (κ3) is 5.82. The van der Waals surface area contributed by atoms with Crippen molar-refractivity contribution < 1.29 is 32.2 Å². The van der Waals surface area contributed by atoms with Crippen molar-refractivity contribution in [3.8, 4) is 0 Å². The molecule has 8 heteroatoms. The summed E-state index contributed by atoms with van der Waals surface area (Å²) in [5, 5.41) is 0. The number of hydrogen-bond donors (Lipinski definition) is 0. The normalized spacial score (nSPS) is 24.4. The predicted octanol–water partition coefficient (Wildman–Crippen LogP) is 3.57. The van der Waals surface area contributed by atoms with Crippen molar-refractivity contribution in [3.05, 3.63) is 42.2 Å². The maximum absolute atomic E-state index is 12.9. The molecule has 5 nitrogen and oxygen atoms in total. The molecule has 0 N–H and O–H groups in total. The van der Waals surface area contributed by atoms with Gasteiger partial charge >= 0.3 is 12.1 Å². The molecule has 2 heterocycles. The zero-order chi connectivity index (χ0) is 18.3. The molecule has 0 bridgehead atoms. The standard InChI is InChI=1S/C17H20F3NO4/c1-23-14(22)8-4-2-3-6-13-11-24-16(17(18,19)20)25-15(13)12-7-5-9-21-10-12/h2-3,5,7,9-10,13,15-16H,4,6,8,11H2,1H3/b3-2-. The number of aromatic nitrogens is 1. The quantitative estimate of drug-likeness (QED) is 0.574. The number of ether oxygens (including phenoxy) is 3. The highest BCUT2D eigenvalue weighted by Crippen LogP contribution is 2.39. The molecule has 1 fully saturated rings. The summed E-state index contributed by atoms with van der Waals surface area (Å²) in [6, 6.07) is 3.34. The van der Waals surface area contributed by atoms with Gasteiger partial charge in [-0.25, -0.2) is 0 Å². The number of allylic oxidation sites excluding steroid dienone is 2. The zero-order valence-electron chi connectivity index (χ0n) is 13.7. The lowest BCUT2D eigenvalue weighted by Crippen LogP contribution is -2.43. The van der Waals surface area contributed by atoms with Crippen LogP contribution in [0.15, 0.2) is 36.7 Å². The van der Waals surface area contributed by atoms with Crippen LogP contribution < -0.4 is 0 Å². The Balaban J connectivity index is 2.00. The average molecular weight is 359 g/mol. The molecule has 1 aliphatic heterocycles. The maximum Gasteiger partial charge on any atom is 0.440 e. The highest BCUT2D eigenvalue weighted by molar-refractivity contribution is 5.69. The van der Waals surface area contributed by atoms with E-state index in [1.165, 1.54) is 13.3 Å². The number of carbonyl (C=O) groups excluding carboxylic acids is 1. The molecule has 3 atom stereocenters. The number of halogens is 3. The number of hydrogen-bond acceptors (Lipinski definition) is 5. The van der Waals surface area contributed by atoms with Crippen LogP contribution in [0.1, 0.15) is 30.9 Å². The molecule has 3 unspecified atom stereocenters. The van der Waals surface area contributed by atoms with Crippen molar-refractivity contribution in [1.82, 2.24) is 4.98 Å². The molecule has 1 aromatic heterocycles. The summed E-state index contributed by atoms with van der Waals surface area (Å²) in [5.74, 6) is -0.590. The molecule has 1 aromatic rings. The first kappa shape index (κ1) is 19.4. The number of alkyl halides is 3. The van der Waals surface area contributed by atoms with Gasteiger partial charge < -0.3 is 14.2 Å². The number of esters is 1. The van der Waals surface area contributed by atoms with Crippen LogP contribution >= 0.6 is 0 Å². The van der Waals surface area contributed by atoms with Gasteiger partial charge in [0.1, 0.15) is 0 Å². The van der Waals surface area contributed by atoms with Gasteiger partial charge in [0, 0.05) is 24.7 Å². The van der Waals surface area contributed by atoms with Gasteiger partial charge in [-0.3, -0.25) is 9.78 Å². The third-order valence-corrected chi connectivity index (χ3v) is 3.79. The van der Waals surface area contributed by atoms with Crippen molar-refractivity contribution in [2.24, 2.45) is 5.92 Å². The summed E-state index contributed by atoms with van der Waals surface area (Å²) >= 11 is 0. The van der Waals surface area contributed by atoms with Crippen molar-refractivity contribution in [2.45, 2.75) is 37.8 Å². The van der Waals surface area contributed by atoms with Crippen molar-refractivity contribution in [1.29, 1.82) is 0 Å². The Kier molecular flexibility index (Phi) is 6.95. The highest BCUT2D eigenvalue weighted by Gasteiger charge is 2.47. The lowest BCUT2D eigenvalue weighted by Gasteiger charge is -2.37. The molecule has 0 spiro atoms. The van der Waals surface area contributed by atoms with E-state index in [0.29, 0.717) is 18.4 Å². The number of methoxy groups -OCH3 is 1. The molecule has 0 aliphatic carbocycles. The fraction of sp³-hybridized carbons (Fsp3) is 0.529. The minimum absolute atomic E-state index is 0.0783. The maximum atomic E-state index is 12.9. The fourth-order valence-corrected chi connectivity index (χ4v) is 2.53. The number of carbonyl (C=O) groups is 1. The SMILES string of the molecule is COC(=O)CC/C=C\CC1COC(C(F)(F)F)OC1c1cccnc1. The molecule has 1 saturated heterocycles. The van der Waals surface area contributed by atoms with Crippen LogP contribution in [0.4, 0.5) is 13.2 Å². The van der Waals surface area contributed by atoms with Crippen LogP contribution in [0.2, 0.25) is 0 Å². The first-order valence-electron chi connectivity index (χ1n) is 7.87. The van der Waals surface area contributed by atoms with Gasteiger partial charge in [-0.2, -0.15) is 13.2 Å². The lowest BCUT2D eigenvalue weighted by molar-refractivity contribution is -0.353. The number of nitrogens with zero attached hydrogens (tertiary/aromatic N) is 1. The van der Waals surface area contributed by atoms with Crippen molar-refractivity contribution in [2.75, 3.05) is 13.7 Å². The molecule has 2 rings (SSSR count). The summed E-state index contributed by atoms with van der Waals surface area (Å²) in [4.78, 5) is 15.0. The summed E-state index contributed by atoms with van der Waals surface area (Å²) in [6.07, 6.45) is 0.300. The van der Waals surface area contributed by atoms with E-state index in [1.807, 2.05) is 6.08 Å². The van der Waals surface area contributed by atoms with Gasteiger partial charge in [0.15, 0.2) is 0 Å². The van der Waals surface area contributed by atoms with Gasteiger partial charge in [-0.15, -0.1) is 0 Å². The predicted molar refractivity (Wildman–Crippen MR) is 82.4 cm³/mol. The first-order chi connectivity index (χ1) is 11.9. The minimum Gasteiger partial charge on any atom is -0.469 e. The monoisotopic (exact) mass is 359 g/mol. The van der Waals surface area contributed by atoms with E-state index in [1.54, 1.807) is 24.4 Å². The molecule has 138 valence electrons. The summed E-state index contributed by atoms with van der Waals surface area (Å²) in [6.45, 7) is -0.0783. The Labute approximate surface area is 143 Å². The fourth-order valence-electron chi connectivity index (χ4n) is 2.53. The minimum atomic E-state index is -4.58. The van der Waals surface area contributed by atoms with Crippen molar-refractivity contribution in [3.63, 3.8) is 0 Å². The van der Waals surface area contributed by atoms with E-state index < -0.39 is 18.6 Å². The molecule has 0 amide bonds. The van der Waals surface area contributed by atoms with E-state index in [2.05, 4.69) is 9.72 Å². The second-order valence-corrected chi connectivity index (χ2v) is 5.63. The van der Waals surface area contributed by atoms with Crippen LogP contribution in [0.3, 0.4) is 0 Å². The van der Waals surface area contributed by atoms with Gasteiger partial charge in [0.2, 0.25) is 0 Å². The molecule has 1 aliphatic rings. The van der Waals surface area contributed by atoms with E-state index in [4.69, 9.17) is 9.47 Å². The summed E-state index contributed by atoms with van der Waals surface area (Å²) in [7, 11) is 1.32. The largest absolute Gasteiger partial charge is 0.469 e. The Morgan fingerprint density at radius 3 is 2.88 bits per heavy atom. The molecule has 25 heavy (non-hydrogen) atoms. The zero-order valence-corrected chi connectivity index (χ0v) is 13.7. The van der Waals surface area contributed by atoms with Crippen LogP contribution in [-0.2, 0) is 19.0 Å². The molecular weight excluding hydrogens is 339 g/mol. The van der Waals surface area contributed by atoms with Crippen LogP contribution in [0.5, 0.6) is 0 Å². The summed E-state index contributed by atoms with van der Waals surface area (Å²) in [5.41, 5.74) is 0.577. The Bertz CT molecular complexity index is 577. The van der Waals surface area contributed by atoms with Gasteiger partial charge in [-0.1, -0.05) is 18.2 Å². The van der Waals surface area contributed by atoms with Gasteiger partial charge in [0.25, 0.3) is 6.29 Å². The van der Waals surface area contributed by atoms with Gasteiger partial charge in [0.05, 0.1) is 19.8 Å². The second-order valence-electron chi connectivity index (χ2n) is 5.63. The van der Waals surface area contributed by atoms with E-state index in [0.717, 1.165) is 0 Å².